The molecule has 0 amide bonds. The molecule has 1 radical (unpaired) electrons. The molecule has 0 saturated carbocycles. The fourth-order valence-corrected chi connectivity index (χ4v) is 4.62. The minimum atomic E-state index is -0.0757. The van der Waals surface area contributed by atoms with E-state index >= 15 is 0 Å². The SMILES string of the molecule is CCCCOc1cc(OCCCC)c(PC(=O)c2c(C)cccc2C)c(OCCCC)c1.[Li]. The largest absolute Gasteiger partial charge is 0.493 e. The first-order chi connectivity index (χ1) is 15.5. The first-order valence-corrected chi connectivity index (χ1v) is 13.0. The number of benzene rings is 2. The van der Waals surface area contributed by atoms with Crippen LogP contribution >= 0.6 is 8.58 Å². The van der Waals surface area contributed by atoms with Gasteiger partial charge in [0.15, 0.2) is 5.52 Å². The van der Waals surface area contributed by atoms with Crippen molar-refractivity contribution < 1.29 is 19.0 Å². The van der Waals surface area contributed by atoms with Gasteiger partial charge in [0.1, 0.15) is 17.2 Å². The van der Waals surface area contributed by atoms with E-state index in [1.165, 1.54) is 0 Å². The van der Waals surface area contributed by atoms with Gasteiger partial charge in [-0.15, -0.1) is 0 Å². The fraction of sp³-hybridized carbons (Fsp3) is 0.519. The Hall–Kier alpha value is -1.46. The van der Waals surface area contributed by atoms with E-state index in [1.807, 2.05) is 44.2 Å². The predicted molar refractivity (Wildman–Crippen MR) is 142 cm³/mol. The maximum atomic E-state index is 13.4. The van der Waals surface area contributed by atoms with E-state index in [2.05, 4.69) is 20.8 Å². The van der Waals surface area contributed by atoms with Crippen LogP contribution in [0.5, 0.6) is 17.2 Å². The Morgan fingerprint density at radius 3 is 1.70 bits per heavy atom. The molecule has 0 aliphatic rings. The number of hydrogen-bond donors (Lipinski definition) is 0. The van der Waals surface area contributed by atoms with Crippen molar-refractivity contribution in [3.63, 3.8) is 0 Å². The van der Waals surface area contributed by atoms with Crippen LogP contribution in [-0.4, -0.2) is 44.2 Å². The molecule has 0 aromatic heterocycles. The van der Waals surface area contributed by atoms with Gasteiger partial charge in [-0.25, -0.2) is 0 Å². The maximum Gasteiger partial charge on any atom is 0.186 e. The number of ether oxygens (including phenoxy) is 3. The zero-order valence-electron chi connectivity index (χ0n) is 21.4. The summed E-state index contributed by atoms with van der Waals surface area (Å²) in [6.45, 7) is 12.3. The summed E-state index contributed by atoms with van der Waals surface area (Å²) in [7, 11) is -0.0757. The van der Waals surface area contributed by atoms with E-state index in [9.17, 15) is 4.79 Å². The quantitative estimate of drug-likeness (QED) is 0.169. The average Bonchev–Trinajstić information content (AvgIpc) is 2.76. The van der Waals surface area contributed by atoms with Crippen molar-refractivity contribution in [2.75, 3.05) is 19.8 Å². The number of carbonyl (C=O) groups excluding carboxylic acids is 1. The van der Waals surface area contributed by atoms with E-state index in [0.29, 0.717) is 31.3 Å². The number of hydrogen-bond acceptors (Lipinski definition) is 4. The summed E-state index contributed by atoms with van der Waals surface area (Å²) in [5, 5.41) is 0.840. The second kappa shape index (κ2) is 16.2. The second-order valence-electron chi connectivity index (χ2n) is 8.12. The van der Waals surface area contributed by atoms with Gasteiger partial charge in [0, 0.05) is 36.6 Å². The molecule has 33 heavy (non-hydrogen) atoms. The average molecular weight is 466 g/mol. The molecule has 177 valence electrons. The molecule has 0 saturated heterocycles. The Morgan fingerprint density at radius 2 is 1.24 bits per heavy atom. The summed E-state index contributed by atoms with van der Waals surface area (Å²) < 4.78 is 18.3. The van der Waals surface area contributed by atoms with E-state index in [0.717, 1.165) is 66.3 Å². The van der Waals surface area contributed by atoms with Crippen LogP contribution in [0.2, 0.25) is 0 Å². The molecular weight excluding hydrogens is 426 g/mol. The topological polar surface area (TPSA) is 44.8 Å². The van der Waals surface area contributed by atoms with Crippen LogP contribution in [0.4, 0.5) is 0 Å². The minimum absolute atomic E-state index is 0. The third-order valence-electron chi connectivity index (χ3n) is 5.26. The summed E-state index contributed by atoms with van der Waals surface area (Å²) in [6, 6.07) is 9.83. The monoisotopic (exact) mass is 465 g/mol. The van der Waals surface area contributed by atoms with Gasteiger partial charge in [0.2, 0.25) is 0 Å². The van der Waals surface area contributed by atoms with E-state index in [4.69, 9.17) is 14.2 Å². The van der Waals surface area contributed by atoms with Gasteiger partial charge in [-0.1, -0.05) is 58.2 Å². The predicted octanol–water partition coefficient (Wildman–Crippen LogP) is 6.60. The molecule has 0 bridgehead atoms. The molecular formula is C27H39LiO4P. The normalized spacial score (nSPS) is 10.8. The van der Waals surface area contributed by atoms with Gasteiger partial charge in [0.05, 0.1) is 25.1 Å². The van der Waals surface area contributed by atoms with Gasteiger partial charge in [-0.3, -0.25) is 4.79 Å². The molecule has 0 N–H and O–H groups in total. The molecule has 0 spiro atoms. The summed E-state index contributed by atoms with van der Waals surface area (Å²) >= 11 is 0. The van der Waals surface area contributed by atoms with Crippen LogP contribution < -0.4 is 19.5 Å². The second-order valence-corrected chi connectivity index (χ2v) is 9.33. The summed E-state index contributed by atoms with van der Waals surface area (Å²) in [4.78, 5) is 13.4. The Labute approximate surface area is 214 Å². The number of rotatable bonds is 15. The number of aryl methyl sites for hydroxylation is 2. The Bertz CT molecular complexity index is 818. The molecule has 1 unspecified atom stereocenters. The Morgan fingerprint density at radius 1 is 0.788 bits per heavy atom. The molecule has 0 fully saturated rings. The van der Waals surface area contributed by atoms with E-state index in [1.54, 1.807) is 0 Å². The molecule has 6 heteroatoms. The van der Waals surface area contributed by atoms with Crippen molar-refractivity contribution in [1.29, 1.82) is 0 Å². The van der Waals surface area contributed by atoms with Crippen LogP contribution in [0.1, 0.15) is 80.8 Å². The molecule has 1 atom stereocenters. The summed E-state index contributed by atoms with van der Waals surface area (Å²) in [6.07, 6.45) is 6.08. The Balaban J connectivity index is 0.00000544. The summed E-state index contributed by atoms with van der Waals surface area (Å²) in [5.41, 5.74) is 2.92. The molecule has 0 aliphatic heterocycles. The molecule has 0 heterocycles. The standard InChI is InChI=1S/C27H39O4P.Li/c1-6-9-15-29-22-18-23(30-16-10-7-2)26(24(19-22)31-17-11-8-3)32-27(28)25-20(4)13-12-14-21(25)5;/h12-14,18-19,32H,6-11,15-17H2,1-5H3;. The first-order valence-electron chi connectivity index (χ1n) is 12.0. The van der Waals surface area contributed by atoms with Gasteiger partial charge in [-0.2, -0.15) is 0 Å². The Kier molecular flexibility index (Phi) is 14.5. The molecule has 2 aromatic rings. The van der Waals surface area contributed by atoms with E-state index < -0.39 is 0 Å². The molecule has 4 nitrogen and oxygen atoms in total. The van der Waals surface area contributed by atoms with Crippen molar-refractivity contribution in [3.05, 3.63) is 47.0 Å². The van der Waals surface area contributed by atoms with Crippen molar-refractivity contribution in [1.82, 2.24) is 0 Å². The smallest absolute Gasteiger partial charge is 0.186 e. The minimum Gasteiger partial charge on any atom is -0.493 e. The van der Waals surface area contributed by atoms with Gasteiger partial charge in [-0.05, 0) is 52.8 Å². The van der Waals surface area contributed by atoms with Gasteiger partial charge in [0.25, 0.3) is 0 Å². The first kappa shape index (κ1) is 29.6. The maximum absolute atomic E-state index is 13.4. The van der Waals surface area contributed by atoms with E-state index in [-0.39, 0.29) is 33.0 Å². The van der Waals surface area contributed by atoms with Crippen LogP contribution in [-0.2, 0) is 0 Å². The molecule has 2 aromatic carbocycles. The molecule has 2 rings (SSSR count). The van der Waals surface area contributed by atoms with Crippen LogP contribution in [0.25, 0.3) is 0 Å². The van der Waals surface area contributed by atoms with Crippen molar-refractivity contribution in [2.24, 2.45) is 0 Å². The van der Waals surface area contributed by atoms with Crippen molar-refractivity contribution >= 4 is 38.3 Å². The van der Waals surface area contributed by atoms with Crippen LogP contribution in [0.15, 0.2) is 30.3 Å². The zero-order valence-corrected chi connectivity index (χ0v) is 22.4. The molecule has 0 aliphatic carbocycles. The fourth-order valence-electron chi connectivity index (χ4n) is 3.34. The number of carbonyl (C=O) groups is 1. The van der Waals surface area contributed by atoms with Gasteiger partial charge < -0.3 is 14.2 Å². The van der Waals surface area contributed by atoms with Crippen molar-refractivity contribution in [2.45, 2.75) is 73.1 Å². The van der Waals surface area contributed by atoms with Crippen LogP contribution in [0.3, 0.4) is 0 Å². The zero-order chi connectivity index (χ0) is 23.3. The third kappa shape index (κ3) is 9.36. The third-order valence-corrected chi connectivity index (χ3v) is 6.48. The van der Waals surface area contributed by atoms with Crippen molar-refractivity contribution in [3.8, 4) is 17.2 Å². The summed E-state index contributed by atoms with van der Waals surface area (Å²) in [5.74, 6) is 2.15. The van der Waals surface area contributed by atoms with Crippen LogP contribution in [0, 0.1) is 13.8 Å². The number of unbranched alkanes of at least 4 members (excludes halogenated alkanes) is 3. The van der Waals surface area contributed by atoms with Gasteiger partial charge >= 0.3 is 0 Å².